The molecule has 0 unspecified atom stereocenters. The van der Waals surface area contributed by atoms with Crippen LogP contribution in [-0.2, 0) is 4.74 Å². The van der Waals surface area contributed by atoms with Crippen molar-refractivity contribution in [2.75, 3.05) is 13.2 Å². The van der Waals surface area contributed by atoms with Gasteiger partial charge in [-0.3, -0.25) is 0 Å². The van der Waals surface area contributed by atoms with Crippen LogP contribution in [0.15, 0.2) is 34.9 Å². The van der Waals surface area contributed by atoms with E-state index < -0.39 is 0 Å². The number of rotatable bonds is 1. The molecule has 0 aromatic carbocycles. The summed E-state index contributed by atoms with van der Waals surface area (Å²) in [5, 5.41) is 0. The summed E-state index contributed by atoms with van der Waals surface area (Å²) in [6.45, 7) is 11.8. The Hall–Kier alpha value is -0.820. The van der Waals surface area contributed by atoms with E-state index in [0.717, 1.165) is 25.2 Å². The van der Waals surface area contributed by atoms with Crippen LogP contribution in [0.25, 0.3) is 0 Å². The molecule has 0 radical (unpaired) electrons. The molecule has 0 bridgehead atoms. The van der Waals surface area contributed by atoms with Gasteiger partial charge in [-0.05, 0) is 43.9 Å². The van der Waals surface area contributed by atoms with Gasteiger partial charge in [0, 0.05) is 0 Å². The van der Waals surface area contributed by atoms with Gasteiger partial charge in [-0.25, -0.2) is 0 Å². The molecule has 1 aliphatic heterocycles. The Morgan fingerprint density at radius 1 is 1.46 bits per heavy atom. The lowest BCUT2D eigenvalue weighted by molar-refractivity contribution is 0.145. The zero-order valence-electron chi connectivity index (χ0n) is 8.81. The Morgan fingerprint density at radius 2 is 2.15 bits per heavy atom. The molecule has 0 aromatic rings. The van der Waals surface area contributed by atoms with Gasteiger partial charge < -0.3 is 4.74 Å². The lowest BCUT2D eigenvalue weighted by atomic mass is 9.94. The van der Waals surface area contributed by atoms with Gasteiger partial charge in [0.15, 0.2) is 0 Å². The molecule has 0 amide bonds. The molecule has 1 nitrogen and oxygen atoms in total. The van der Waals surface area contributed by atoms with Crippen molar-refractivity contribution in [3.8, 4) is 0 Å². The van der Waals surface area contributed by atoms with Crippen LogP contribution < -0.4 is 0 Å². The maximum Gasteiger partial charge on any atom is 0.0722 e. The van der Waals surface area contributed by atoms with Crippen molar-refractivity contribution in [3.05, 3.63) is 34.9 Å². The summed E-state index contributed by atoms with van der Waals surface area (Å²) >= 11 is 0. The molecule has 0 saturated carbocycles. The second-order valence-corrected chi connectivity index (χ2v) is 3.50. The molecule has 0 spiro atoms. The van der Waals surface area contributed by atoms with E-state index in [9.17, 15) is 0 Å². The third kappa shape index (κ3) is 2.31. The third-order valence-corrected chi connectivity index (χ3v) is 2.59. The van der Waals surface area contributed by atoms with Crippen LogP contribution in [0.1, 0.15) is 27.2 Å². The Bertz CT molecular complexity index is 269. The highest BCUT2D eigenvalue weighted by molar-refractivity contribution is 5.43. The van der Waals surface area contributed by atoms with Crippen LogP contribution in [0.5, 0.6) is 0 Å². The Labute approximate surface area is 80.8 Å². The molecule has 72 valence electrons. The maximum absolute atomic E-state index is 5.45. The molecule has 1 saturated heterocycles. The molecule has 1 fully saturated rings. The first-order valence-corrected chi connectivity index (χ1v) is 4.75. The molecule has 0 aliphatic carbocycles. The van der Waals surface area contributed by atoms with Gasteiger partial charge in [0.2, 0.25) is 0 Å². The van der Waals surface area contributed by atoms with Gasteiger partial charge in [0.1, 0.15) is 0 Å². The first-order valence-electron chi connectivity index (χ1n) is 4.75. The zero-order chi connectivity index (χ0) is 9.84. The smallest absolute Gasteiger partial charge is 0.0722 e. The van der Waals surface area contributed by atoms with E-state index in [1.165, 1.54) is 16.7 Å². The fourth-order valence-corrected chi connectivity index (χ4v) is 1.53. The van der Waals surface area contributed by atoms with Gasteiger partial charge in [0.05, 0.1) is 13.2 Å². The Balaban J connectivity index is 2.99. The summed E-state index contributed by atoms with van der Waals surface area (Å²) in [5.74, 6) is 0. The van der Waals surface area contributed by atoms with Crippen LogP contribution >= 0.6 is 0 Å². The Morgan fingerprint density at radius 3 is 2.69 bits per heavy atom. The van der Waals surface area contributed by atoms with Crippen LogP contribution in [0.4, 0.5) is 0 Å². The van der Waals surface area contributed by atoms with Crippen molar-refractivity contribution in [1.29, 1.82) is 0 Å². The van der Waals surface area contributed by atoms with Crippen molar-refractivity contribution < 1.29 is 4.74 Å². The standard InChI is InChI=1S/C12H18O/c1-5-11-6-7-13-8-12(11)10(4)9(2)3/h5H,2,6-8H2,1,3-4H3. The highest BCUT2D eigenvalue weighted by Crippen LogP contribution is 2.25. The molecule has 13 heavy (non-hydrogen) atoms. The molecule has 1 rings (SSSR count). The molecule has 1 heteroatoms. The second-order valence-electron chi connectivity index (χ2n) is 3.50. The first kappa shape index (κ1) is 10.3. The molecule has 1 aliphatic rings. The SMILES string of the molecule is C=C(C)C(C)=C1COCCC1=CC. The highest BCUT2D eigenvalue weighted by atomic mass is 16.5. The minimum atomic E-state index is 0.748. The van der Waals surface area contributed by atoms with E-state index >= 15 is 0 Å². The topological polar surface area (TPSA) is 9.23 Å². The molecular formula is C12H18O. The fraction of sp³-hybridized carbons (Fsp3) is 0.500. The van der Waals surface area contributed by atoms with E-state index in [1.54, 1.807) is 0 Å². The van der Waals surface area contributed by atoms with Gasteiger partial charge in [0.25, 0.3) is 0 Å². The molecular weight excluding hydrogens is 160 g/mol. The van der Waals surface area contributed by atoms with Crippen LogP contribution in [0.3, 0.4) is 0 Å². The summed E-state index contributed by atoms with van der Waals surface area (Å²) in [6.07, 6.45) is 3.22. The predicted octanol–water partition coefficient (Wildman–Crippen LogP) is 3.25. The van der Waals surface area contributed by atoms with Crippen molar-refractivity contribution >= 4 is 0 Å². The van der Waals surface area contributed by atoms with Crippen LogP contribution in [0.2, 0.25) is 0 Å². The van der Waals surface area contributed by atoms with Crippen molar-refractivity contribution in [3.63, 3.8) is 0 Å². The van der Waals surface area contributed by atoms with Crippen molar-refractivity contribution in [1.82, 2.24) is 0 Å². The highest BCUT2D eigenvalue weighted by Gasteiger charge is 2.13. The monoisotopic (exact) mass is 178 g/mol. The average molecular weight is 178 g/mol. The normalized spacial score (nSPS) is 24.7. The molecule has 0 N–H and O–H groups in total. The van der Waals surface area contributed by atoms with E-state index in [-0.39, 0.29) is 0 Å². The van der Waals surface area contributed by atoms with Crippen molar-refractivity contribution in [2.45, 2.75) is 27.2 Å². The first-order chi connectivity index (χ1) is 6.16. The Kier molecular flexibility index (Phi) is 3.49. The van der Waals surface area contributed by atoms with Crippen molar-refractivity contribution in [2.24, 2.45) is 0 Å². The van der Waals surface area contributed by atoms with Crippen LogP contribution in [-0.4, -0.2) is 13.2 Å². The summed E-state index contributed by atoms with van der Waals surface area (Å²) in [6, 6.07) is 0. The summed E-state index contributed by atoms with van der Waals surface area (Å²) in [7, 11) is 0. The molecule has 1 heterocycles. The van der Waals surface area contributed by atoms with Gasteiger partial charge in [-0.15, -0.1) is 0 Å². The summed E-state index contributed by atoms with van der Waals surface area (Å²) in [5.41, 5.74) is 5.18. The quantitative estimate of drug-likeness (QED) is 0.599. The van der Waals surface area contributed by atoms with Gasteiger partial charge in [-0.1, -0.05) is 18.2 Å². The zero-order valence-corrected chi connectivity index (χ0v) is 8.81. The minimum absolute atomic E-state index is 0.748. The van der Waals surface area contributed by atoms with E-state index in [0.29, 0.717) is 0 Å². The molecule has 0 aromatic heterocycles. The lowest BCUT2D eigenvalue weighted by Crippen LogP contribution is -2.13. The second kappa shape index (κ2) is 4.43. The minimum Gasteiger partial charge on any atom is -0.376 e. The molecule has 0 atom stereocenters. The number of hydrogen-bond acceptors (Lipinski definition) is 1. The fourth-order valence-electron chi connectivity index (χ4n) is 1.53. The van der Waals surface area contributed by atoms with E-state index in [1.807, 2.05) is 6.92 Å². The third-order valence-electron chi connectivity index (χ3n) is 2.59. The lowest BCUT2D eigenvalue weighted by Gasteiger charge is -2.21. The summed E-state index contributed by atoms with van der Waals surface area (Å²) < 4.78 is 5.45. The largest absolute Gasteiger partial charge is 0.376 e. The summed E-state index contributed by atoms with van der Waals surface area (Å²) in [4.78, 5) is 0. The van der Waals surface area contributed by atoms with E-state index in [2.05, 4.69) is 26.5 Å². The van der Waals surface area contributed by atoms with Gasteiger partial charge >= 0.3 is 0 Å². The van der Waals surface area contributed by atoms with Gasteiger partial charge in [-0.2, -0.15) is 0 Å². The van der Waals surface area contributed by atoms with E-state index in [4.69, 9.17) is 4.74 Å². The number of allylic oxidation sites excluding steroid dienone is 3. The number of hydrogen-bond donors (Lipinski definition) is 0. The number of ether oxygens (including phenoxy) is 1. The average Bonchev–Trinajstić information content (AvgIpc) is 2.16. The maximum atomic E-state index is 5.45. The van der Waals surface area contributed by atoms with Crippen LogP contribution in [0, 0.1) is 0 Å². The predicted molar refractivity (Wildman–Crippen MR) is 56.7 cm³/mol.